The maximum absolute atomic E-state index is 11.1. The number of nitrogens with zero attached hydrogens (tertiary/aromatic N) is 2. The zero-order chi connectivity index (χ0) is 19.1. The third-order valence-electron chi connectivity index (χ3n) is 4.95. The monoisotopic (exact) mass is 369 g/mol. The van der Waals surface area contributed by atoms with E-state index in [0.29, 0.717) is 25.6 Å². The summed E-state index contributed by atoms with van der Waals surface area (Å²) in [5.41, 5.74) is 1.04. The molecule has 2 aromatic rings. The van der Waals surface area contributed by atoms with Gasteiger partial charge < -0.3 is 20.1 Å². The predicted octanol–water partition coefficient (Wildman–Crippen LogP) is 3.08. The quantitative estimate of drug-likeness (QED) is 0.708. The Balaban J connectivity index is 1.50. The standard InChI is InChI=1S/C21H27N3O3/c1-2-19(21(25)26)23-14-16-8-10-18(11-9-16)27-15-17-6-5-13-24(17)20-7-3-4-12-22-20/h3-4,7-12,17,19,23H,2,5-6,13-15H2,1H3,(H,25,26). The van der Waals surface area contributed by atoms with E-state index in [0.717, 1.165) is 36.5 Å². The summed E-state index contributed by atoms with van der Waals surface area (Å²) in [5, 5.41) is 12.1. The van der Waals surface area contributed by atoms with Gasteiger partial charge in [0, 0.05) is 19.3 Å². The summed E-state index contributed by atoms with van der Waals surface area (Å²) >= 11 is 0. The normalized spacial score (nSPS) is 17.7. The van der Waals surface area contributed by atoms with Gasteiger partial charge in [-0.3, -0.25) is 4.79 Å². The molecule has 2 atom stereocenters. The van der Waals surface area contributed by atoms with Crippen LogP contribution in [0.1, 0.15) is 31.7 Å². The molecule has 0 spiro atoms. The molecule has 0 saturated carbocycles. The molecule has 27 heavy (non-hydrogen) atoms. The molecule has 144 valence electrons. The second kappa shape index (κ2) is 9.37. The molecule has 2 N–H and O–H groups in total. The van der Waals surface area contributed by atoms with Crippen molar-refractivity contribution in [2.75, 3.05) is 18.1 Å². The van der Waals surface area contributed by atoms with Gasteiger partial charge in [0.25, 0.3) is 0 Å². The van der Waals surface area contributed by atoms with Crippen molar-refractivity contribution in [3.05, 3.63) is 54.2 Å². The van der Waals surface area contributed by atoms with Gasteiger partial charge in [-0.2, -0.15) is 0 Å². The highest BCUT2D eigenvalue weighted by Gasteiger charge is 2.26. The van der Waals surface area contributed by atoms with Crippen LogP contribution in [0.25, 0.3) is 0 Å². The minimum atomic E-state index is -0.813. The number of pyridine rings is 1. The second-order valence-electron chi connectivity index (χ2n) is 6.81. The molecule has 1 aromatic carbocycles. The van der Waals surface area contributed by atoms with Gasteiger partial charge in [-0.15, -0.1) is 0 Å². The van der Waals surface area contributed by atoms with E-state index >= 15 is 0 Å². The average molecular weight is 369 g/mol. The van der Waals surface area contributed by atoms with Crippen molar-refractivity contribution in [1.82, 2.24) is 10.3 Å². The topological polar surface area (TPSA) is 74.7 Å². The van der Waals surface area contributed by atoms with E-state index in [1.807, 2.05) is 55.6 Å². The number of carbonyl (C=O) groups is 1. The first-order chi connectivity index (χ1) is 13.2. The molecule has 0 radical (unpaired) electrons. The number of rotatable bonds is 9. The summed E-state index contributed by atoms with van der Waals surface area (Å²) in [5.74, 6) is 1.03. The molecule has 2 heterocycles. The molecule has 1 aliphatic heterocycles. The van der Waals surface area contributed by atoms with Crippen LogP contribution in [0.2, 0.25) is 0 Å². The molecule has 1 fully saturated rings. The van der Waals surface area contributed by atoms with Gasteiger partial charge in [0.1, 0.15) is 24.2 Å². The van der Waals surface area contributed by atoms with Gasteiger partial charge in [0.2, 0.25) is 0 Å². The van der Waals surface area contributed by atoms with Crippen molar-refractivity contribution in [3.8, 4) is 5.75 Å². The third-order valence-corrected chi connectivity index (χ3v) is 4.95. The van der Waals surface area contributed by atoms with Gasteiger partial charge in [-0.25, -0.2) is 4.98 Å². The van der Waals surface area contributed by atoms with E-state index in [4.69, 9.17) is 9.84 Å². The van der Waals surface area contributed by atoms with Crippen molar-refractivity contribution >= 4 is 11.8 Å². The van der Waals surface area contributed by atoms with Crippen LogP contribution in [0.5, 0.6) is 5.75 Å². The lowest BCUT2D eigenvalue weighted by atomic mass is 10.2. The fourth-order valence-electron chi connectivity index (χ4n) is 3.38. The largest absolute Gasteiger partial charge is 0.491 e. The highest BCUT2D eigenvalue weighted by atomic mass is 16.5. The highest BCUT2D eigenvalue weighted by molar-refractivity contribution is 5.73. The Labute approximate surface area is 160 Å². The fourth-order valence-corrected chi connectivity index (χ4v) is 3.38. The fraction of sp³-hybridized carbons (Fsp3) is 0.429. The molecule has 6 nitrogen and oxygen atoms in total. The molecular formula is C21H27N3O3. The summed E-state index contributed by atoms with van der Waals surface area (Å²) < 4.78 is 6.00. The van der Waals surface area contributed by atoms with Gasteiger partial charge >= 0.3 is 5.97 Å². The summed E-state index contributed by atoms with van der Waals surface area (Å²) in [6.45, 7) is 4.03. The molecular weight excluding hydrogens is 342 g/mol. The molecule has 0 aliphatic carbocycles. The molecule has 0 amide bonds. The maximum Gasteiger partial charge on any atom is 0.320 e. The molecule has 1 aromatic heterocycles. The lowest BCUT2D eigenvalue weighted by Crippen LogP contribution is -2.35. The number of hydrogen-bond donors (Lipinski definition) is 2. The smallest absolute Gasteiger partial charge is 0.320 e. The van der Waals surface area contributed by atoms with Crippen LogP contribution in [0, 0.1) is 0 Å². The molecule has 0 bridgehead atoms. The van der Waals surface area contributed by atoms with Crippen LogP contribution >= 0.6 is 0 Å². The van der Waals surface area contributed by atoms with Crippen molar-refractivity contribution in [2.24, 2.45) is 0 Å². The van der Waals surface area contributed by atoms with Crippen LogP contribution in [0.15, 0.2) is 48.7 Å². The SMILES string of the molecule is CCC(NCc1ccc(OCC2CCCN2c2ccccn2)cc1)C(=O)O. The molecule has 1 saturated heterocycles. The molecule has 3 rings (SSSR count). The van der Waals surface area contributed by atoms with Crippen LogP contribution in [-0.2, 0) is 11.3 Å². The zero-order valence-electron chi connectivity index (χ0n) is 15.7. The molecule has 2 unspecified atom stereocenters. The number of aliphatic carboxylic acids is 1. The van der Waals surface area contributed by atoms with Gasteiger partial charge in [0.05, 0.1) is 6.04 Å². The summed E-state index contributed by atoms with van der Waals surface area (Å²) in [4.78, 5) is 17.8. The highest BCUT2D eigenvalue weighted by Crippen LogP contribution is 2.24. The third kappa shape index (κ3) is 5.20. The van der Waals surface area contributed by atoms with Crippen molar-refractivity contribution in [1.29, 1.82) is 0 Å². The van der Waals surface area contributed by atoms with Crippen molar-refractivity contribution in [2.45, 2.75) is 44.8 Å². The minimum absolute atomic E-state index is 0.335. The van der Waals surface area contributed by atoms with Gasteiger partial charge in [-0.05, 0) is 49.1 Å². The summed E-state index contributed by atoms with van der Waals surface area (Å²) in [7, 11) is 0. The Hall–Kier alpha value is -2.60. The lowest BCUT2D eigenvalue weighted by Gasteiger charge is -2.25. The van der Waals surface area contributed by atoms with Crippen molar-refractivity contribution < 1.29 is 14.6 Å². The number of aromatic nitrogens is 1. The Morgan fingerprint density at radius 3 is 2.81 bits per heavy atom. The van der Waals surface area contributed by atoms with E-state index in [9.17, 15) is 4.79 Å². The summed E-state index contributed by atoms with van der Waals surface area (Å²) in [6, 6.07) is 13.6. The average Bonchev–Trinajstić information content (AvgIpc) is 3.17. The Bertz CT molecular complexity index is 721. The Kier molecular flexibility index (Phi) is 6.65. The number of ether oxygens (including phenoxy) is 1. The second-order valence-corrected chi connectivity index (χ2v) is 6.81. The number of anilines is 1. The minimum Gasteiger partial charge on any atom is -0.491 e. The van der Waals surface area contributed by atoms with E-state index in [2.05, 4.69) is 15.2 Å². The Morgan fingerprint density at radius 1 is 1.33 bits per heavy atom. The van der Waals surface area contributed by atoms with Crippen LogP contribution in [0.3, 0.4) is 0 Å². The molecule has 6 heteroatoms. The van der Waals surface area contributed by atoms with E-state index < -0.39 is 12.0 Å². The van der Waals surface area contributed by atoms with Crippen molar-refractivity contribution in [3.63, 3.8) is 0 Å². The van der Waals surface area contributed by atoms with E-state index in [-0.39, 0.29) is 0 Å². The van der Waals surface area contributed by atoms with Gasteiger partial charge in [-0.1, -0.05) is 25.1 Å². The number of carboxylic acids is 1. The van der Waals surface area contributed by atoms with Crippen LogP contribution in [-0.4, -0.2) is 41.3 Å². The zero-order valence-corrected chi connectivity index (χ0v) is 15.7. The number of nitrogens with one attached hydrogen (secondary N) is 1. The van der Waals surface area contributed by atoms with E-state index in [1.165, 1.54) is 0 Å². The van der Waals surface area contributed by atoms with Crippen LogP contribution in [0.4, 0.5) is 5.82 Å². The first kappa shape index (κ1) is 19.2. The first-order valence-electron chi connectivity index (χ1n) is 9.53. The van der Waals surface area contributed by atoms with Crippen LogP contribution < -0.4 is 15.0 Å². The lowest BCUT2D eigenvalue weighted by molar-refractivity contribution is -0.139. The number of carboxylic acid groups (broad SMARTS) is 1. The number of hydrogen-bond acceptors (Lipinski definition) is 5. The summed E-state index contributed by atoms with van der Waals surface area (Å²) in [6.07, 6.45) is 4.64. The van der Waals surface area contributed by atoms with Gasteiger partial charge in [0.15, 0.2) is 0 Å². The van der Waals surface area contributed by atoms with E-state index in [1.54, 1.807) is 0 Å². The Morgan fingerprint density at radius 2 is 2.15 bits per heavy atom. The maximum atomic E-state index is 11.1. The number of benzene rings is 1. The predicted molar refractivity (Wildman–Crippen MR) is 105 cm³/mol. The first-order valence-corrected chi connectivity index (χ1v) is 9.53. The molecule has 1 aliphatic rings.